The third-order valence-electron chi connectivity index (χ3n) is 5.22. The largest absolute Gasteiger partial charge is 0.341 e. The predicted octanol–water partition coefficient (Wildman–Crippen LogP) is 2.69. The summed E-state index contributed by atoms with van der Waals surface area (Å²) in [6, 6.07) is 8.85. The van der Waals surface area contributed by atoms with Gasteiger partial charge in [0, 0.05) is 42.6 Å². The van der Waals surface area contributed by atoms with Crippen molar-refractivity contribution in [3.8, 4) is 23.4 Å². The lowest BCUT2D eigenvalue weighted by atomic mass is 10.1. The number of rotatable bonds is 2. The van der Waals surface area contributed by atoms with Crippen LogP contribution in [0.25, 0.3) is 22.5 Å². The van der Waals surface area contributed by atoms with E-state index in [0.29, 0.717) is 12.1 Å². The van der Waals surface area contributed by atoms with Crippen LogP contribution in [-0.2, 0) is 7.05 Å². The highest BCUT2D eigenvalue weighted by Gasteiger charge is 2.35. The lowest BCUT2D eigenvalue weighted by Crippen LogP contribution is -2.33. The maximum atomic E-state index is 14.0. The number of hydrogen-bond donors (Lipinski definition) is 0. The highest BCUT2D eigenvalue weighted by Crippen LogP contribution is 2.30. The number of fused-ring (bicyclic) bond motifs is 1. The molecule has 2 heterocycles. The van der Waals surface area contributed by atoms with Gasteiger partial charge in [-0.1, -0.05) is 0 Å². The molecule has 0 fully saturated rings. The summed E-state index contributed by atoms with van der Waals surface area (Å²) in [5.41, 5.74) is -0.324. The summed E-state index contributed by atoms with van der Waals surface area (Å²) in [6.07, 6.45) is 0. The molecule has 1 aliphatic heterocycles. The van der Waals surface area contributed by atoms with Crippen molar-refractivity contribution in [3.63, 3.8) is 0 Å². The lowest BCUT2D eigenvalue weighted by Gasteiger charge is -2.17. The van der Waals surface area contributed by atoms with E-state index in [1.165, 1.54) is 18.7 Å². The molecule has 9 heteroatoms. The number of nitriles is 2. The van der Waals surface area contributed by atoms with Crippen molar-refractivity contribution in [2.75, 3.05) is 7.05 Å². The molecule has 0 spiro atoms. The summed E-state index contributed by atoms with van der Waals surface area (Å²) >= 11 is 0. The third-order valence-corrected chi connectivity index (χ3v) is 5.22. The van der Waals surface area contributed by atoms with Gasteiger partial charge in [-0.05, 0) is 24.3 Å². The summed E-state index contributed by atoms with van der Waals surface area (Å²) < 4.78 is 57.1. The van der Waals surface area contributed by atoms with Crippen molar-refractivity contribution in [3.05, 3.63) is 81.4 Å². The van der Waals surface area contributed by atoms with Gasteiger partial charge < -0.3 is 9.47 Å². The predicted molar refractivity (Wildman–Crippen MR) is 106 cm³/mol. The van der Waals surface area contributed by atoms with Crippen LogP contribution in [0.15, 0.2) is 36.4 Å². The van der Waals surface area contributed by atoms with Crippen LogP contribution < -0.4 is 10.6 Å². The number of carbonyl (C=O) groups is 1. The Kier molecular flexibility index (Phi) is 4.83. The molecule has 0 bridgehead atoms. The molecule has 0 unspecified atom stereocenters. The summed E-state index contributed by atoms with van der Waals surface area (Å²) in [5.74, 6) is -4.20. The molecule has 0 saturated heterocycles. The van der Waals surface area contributed by atoms with Crippen molar-refractivity contribution < 1.29 is 22.4 Å². The van der Waals surface area contributed by atoms with Crippen molar-refractivity contribution in [1.82, 2.24) is 9.47 Å². The van der Waals surface area contributed by atoms with Crippen LogP contribution in [0.1, 0.15) is 15.9 Å². The number of aromatic nitrogens is 1. The van der Waals surface area contributed by atoms with E-state index in [2.05, 4.69) is 0 Å². The molecule has 1 amide bonds. The molecule has 0 aliphatic carbocycles. The zero-order chi connectivity index (χ0) is 23.3. The first-order chi connectivity index (χ1) is 15.2. The first kappa shape index (κ1) is 20.9. The zero-order valence-electron chi connectivity index (χ0n) is 16.7. The van der Waals surface area contributed by atoms with Crippen molar-refractivity contribution in [1.29, 1.82) is 10.5 Å². The SMILES string of the molecule is CN1C(=O)c2c(-c3cc(F)cc(F)c3)n(C)c(=C(C#N)C#N)c2=C1c1cc(F)cc(F)c1. The standard InChI is InChI=1S/C23H12F4N4O/c1-30-21(12-5-16(26)8-17(27)6-12)19-18(22(30)13(9-28)10-29)20(31(2)23(19)32)11-3-14(24)7-15(25)4-11/h3-8H,1-2H3. The molecule has 158 valence electrons. The molecule has 1 aromatic heterocycles. The van der Waals surface area contributed by atoms with Crippen LogP contribution >= 0.6 is 0 Å². The van der Waals surface area contributed by atoms with E-state index in [4.69, 9.17) is 0 Å². The van der Waals surface area contributed by atoms with Gasteiger partial charge in [0.1, 0.15) is 35.4 Å². The van der Waals surface area contributed by atoms with E-state index in [0.717, 1.165) is 29.2 Å². The molecule has 3 aromatic rings. The minimum absolute atomic E-state index is 0.00356. The van der Waals surface area contributed by atoms with Gasteiger partial charge in [0.25, 0.3) is 5.91 Å². The van der Waals surface area contributed by atoms with Crippen LogP contribution in [-0.4, -0.2) is 22.4 Å². The normalized spacial score (nSPS) is 12.6. The summed E-state index contributed by atoms with van der Waals surface area (Å²) in [6.45, 7) is 0. The minimum Gasteiger partial charge on any atom is -0.341 e. The Morgan fingerprint density at radius 1 is 0.812 bits per heavy atom. The topological polar surface area (TPSA) is 72.8 Å². The van der Waals surface area contributed by atoms with Gasteiger partial charge in [0.15, 0.2) is 5.57 Å². The van der Waals surface area contributed by atoms with E-state index in [1.54, 1.807) is 12.1 Å². The average Bonchev–Trinajstić information content (AvgIpc) is 3.13. The van der Waals surface area contributed by atoms with Gasteiger partial charge in [-0.15, -0.1) is 0 Å². The number of benzene rings is 2. The average molecular weight is 436 g/mol. The molecule has 2 aromatic carbocycles. The highest BCUT2D eigenvalue weighted by molar-refractivity contribution is 6.09. The Balaban J connectivity index is 2.30. The first-order valence-electron chi connectivity index (χ1n) is 9.16. The molecule has 0 atom stereocenters. The second-order valence-corrected chi connectivity index (χ2v) is 7.13. The smallest absolute Gasteiger partial charge is 0.260 e. The van der Waals surface area contributed by atoms with Crippen LogP contribution in [0, 0.1) is 45.9 Å². The lowest BCUT2D eigenvalue weighted by molar-refractivity contribution is 0.0871. The van der Waals surface area contributed by atoms with Crippen LogP contribution in [0.2, 0.25) is 0 Å². The molecular weight excluding hydrogens is 424 g/mol. The third kappa shape index (κ3) is 3.03. The van der Waals surface area contributed by atoms with Crippen LogP contribution in [0.3, 0.4) is 0 Å². The minimum atomic E-state index is -0.892. The Morgan fingerprint density at radius 3 is 1.75 bits per heavy atom. The summed E-state index contributed by atoms with van der Waals surface area (Å²) in [5, 5.41) is 19.1. The molecule has 5 nitrogen and oxygen atoms in total. The Hall–Kier alpha value is -4.37. The summed E-state index contributed by atoms with van der Waals surface area (Å²) in [7, 11) is 2.79. The van der Waals surface area contributed by atoms with Crippen molar-refractivity contribution in [2.45, 2.75) is 0 Å². The quantitative estimate of drug-likeness (QED) is 0.580. The Morgan fingerprint density at radius 2 is 1.28 bits per heavy atom. The number of carbonyl (C=O) groups excluding carboxylic acids is 1. The molecule has 0 radical (unpaired) electrons. The number of amides is 1. The number of halogens is 4. The second kappa shape index (κ2) is 7.40. The highest BCUT2D eigenvalue weighted by atomic mass is 19.1. The molecular formula is C23H12F4N4O. The Bertz CT molecular complexity index is 1480. The van der Waals surface area contributed by atoms with Gasteiger partial charge in [-0.25, -0.2) is 17.6 Å². The fourth-order valence-corrected chi connectivity index (χ4v) is 4.04. The van der Waals surface area contributed by atoms with E-state index < -0.39 is 29.2 Å². The monoisotopic (exact) mass is 436 g/mol. The maximum absolute atomic E-state index is 14.0. The first-order valence-corrected chi connectivity index (χ1v) is 9.16. The molecule has 1 aliphatic rings. The molecule has 32 heavy (non-hydrogen) atoms. The van der Waals surface area contributed by atoms with Gasteiger partial charge in [-0.3, -0.25) is 4.79 Å². The number of hydrogen-bond acceptors (Lipinski definition) is 3. The zero-order valence-corrected chi connectivity index (χ0v) is 16.7. The fourth-order valence-electron chi connectivity index (χ4n) is 4.04. The fraction of sp³-hybridized carbons (Fsp3) is 0.0870. The van der Waals surface area contributed by atoms with Crippen molar-refractivity contribution in [2.24, 2.45) is 7.05 Å². The van der Waals surface area contributed by atoms with E-state index in [-0.39, 0.29) is 44.2 Å². The Labute approximate surface area is 179 Å². The van der Waals surface area contributed by atoms with Gasteiger partial charge in [0.2, 0.25) is 0 Å². The number of nitrogens with zero attached hydrogens (tertiary/aromatic N) is 4. The van der Waals surface area contributed by atoms with Crippen molar-refractivity contribution >= 4 is 17.2 Å². The van der Waals surface area contributed by atoms with Gasteiger partial charge >= 0.3 is 0 Å². The summed E-state index contributed by atoms with van der Waals surface area (Å²) in [4.78, 5) is 14.3. The molecule has 4 rings (SSSR count). The van der Waals surface area contributed by atoms with Gasteiger partial charge in [-0.2, -0.15) is 10.5 Å². The van der Waals surface area contributed by atoms with E-state index in [9.17, 15) is 32.9 Å². The van der Waals surface area contributed by atoms with E-state index >= 15 is 0 Å². The molecule has 0 N–H and O–H groups in total. The van der Waals surface area contributed by atoms with Crippen LogP contribution in [0.5, 0.6) is 0 Å². The van der Waals surface area contributed by atoms with Gasteiger partial charge in [0.05, 0.1) is 22.3 Å². The van der Waals surface area contributed by atoms with Crippen LogP contribution in [0.4, 0.5) is 17.6 Å². The maximum Gasteiger partial charge on any atom is 0.260 e. The molecule has 0 saturated carbocycles. The van der Waals surface area contributed by atoms with E-state index in [1.807, 2.05) is 0 Å². The second-order valence-electron chi connectivity index (χ2n) is 7.13.